The van der Waals surface area contributed by atoms with Gasteiger partial charge in [0.15, 0.2) is 11.5 Å². The molecule has 1 N–H and O–H groups in total. The first-order valence-corrected chi connectivity index (χ1v) is 5.58. The molecule has 0 saturated carbocycles. The highest BCUT2D eigenvalue weighted by atomic mass is 16.5. The molecule has 0 aromatic heterocycles. The highest BCUT2D eigenvalue weighted by Gasteiger charge is 2.13. The number of benzene rings is 2. The Bertz CT molecular complexity index is 593. The largest absolute Gasteiger partial charge is 0.493 e. The molecule has 0 heterocycles. The number of carbonyl (C=O) groups excluding carboxylic acids is 1. The molecule has 0 fully saturated rings. The number of fused-ring (bicyclic) bond motifs is 1. The monoisotopic (exact) mass is 245 g/mol. The third kappa shape index (κ3) is 2.09. The quantitative estimate of drug-likeness (QED) is 0.904. The third-order valence-corrected chi connectivity index (χ3v) is 2.70. The van der Waals surface area contributed by atoms with Crippen molar-refractivity contribution >= 4 is 22.4 Å². The average molecular weight is 245 g/mol. The Hall–Kier alpha value is -2.23. The number of nitrogens with one attached hydrogen (secondary N) is 1. The van der Waals surface area contributed by atoms with Crippen LogP contribution in [0, 0.1) is 0 Å². The molecule has 0 atom stereocenters. The van der Waals surface area contributed by atoms with Crippen molar-refractivity contribution in [3.8, 4) is 11.5 Å². The smallest absolute Gasteiger partial charge is 0.221 e. The zero-order chi connectivity index (χ0) is 13.1. The van der Waals surface area contributed by atoms with Crippen LogP contribution < -0.4 is 14.8 Å². The van der Waals surface area contributed by atoms with Crippen LogP contribution >= 0.6 is 0 Å². The maximum absolute atomic E-state index is 11.2. The summed E-state index contributed by atoms with van der Waals surface area (Å²) >= 11 is 0. The van der Waals surface area contributed by atoms with E-state index >= 15 is 0 Å². The van der Waals surface area contributed by atoms with Gasteiger partial charge < -0.3 is 14.8 Å². The zero-order valence-corrected chi connectivity index (χ0v) is 10.6. The van der Waals surface area contributed by atoms with Crippen molar-refractivity contribution in [2.24, 2.45) is 0 Å². The molecule has 0 saturated heterocycles. The maximum atomic E-state index is 11.2. The van der Waals surface area contributed by atoms with Crippen LogP contribution in [-0.2, 0) is 4.79 Å². The van der Waals surface area contributed by atoms with E-state index in [1.54, 1.807) is 20.3 Å². The molecule has 0 aliphatic rings. The molecule has 0 spiro atoms. The van der Waals surface area contributed by atoms with Crippen LogP contribution in [0.15, 0.2) is 30.3 Å². The van der Waals surface area contributed by atoms with Crippen molar-refractivity contribution in [3.05, 3.63) is 30.3 Å². The first kappa shape index (κ1) is 12.2. The number of rotatable bonds is 3. The van der Waals surface area contributed by atoms with E-state index < -0.39 is 0 Å². The van der Waals surface area contributed by atoms with Crippen molar-refractivity contribution in [2.75, 3.05) is 19.5 Å². The fraction of sp³-hybridized carbons (Fsp3) is 0.214. The lowest BCUT2D eigenvalue weighted by atomic mass is 10.1. The van der Waals surface area contributed by atoms with Gasteiger partial charge in [-0.1, -0.05) is 24.3 Å². The topological polar surface area (TPSA) is 47.6 Å². The van der Waals surface area contributed by atoms with E-state index in [2.05, 4.69) is 5.32 Å². The first-order valence-electron chi connectivity index (χ1n) is 5.58. The van der Waals surface area contributed by atoms with Gasteiger partial charge in [0.25, 0.3) is 0 Å². The van der Waals surface area contributed by atoms with Gasteiger partial charge in [0.05, 0.1) is 19.9 Å². The zero-order valence-electron chi connectivity index (χ0n) is 10.6. The summed E-state index contributed by atoms with van der Waals surface area (Å²) in [5.41, 5.74) is 0.718. The highest BCUT2D eigenvalue weighted by molar-refractivity contribution is 6.05. The van der Waals surface area contributed by atoms with E-state index in [1.807, 2.05) is 24.3 Å². The summed E-state index contributed by atoms with van der Waals surface area (Å²) in [5, 5.41) is 4.63. The van der Waals surface area contributed by atoms with Gasteiger partial charge in [0, 0.05) is 23.8 Å². The Balaban J connectivity index is 2.75. The number of ether oxygens (including phenoxy) is 2. The van der Waals surface area contributed by atoms with Gasteiger partial charge >= 0.3 is 0 Å². The van der Waals surface area contributed by atoms with Crippen LogP contribution in [0.2, 0.25) is 0 Å². The predicted octanol–water partition coefficient (Wildman–Crippen LogP) is 2.82. The van der Waals surface area contributed by atoms with Crippen molar-refractivity contribution in [2.45, 2.75) is 6.92 Å². The van der Waals surface area contributed by atoms with Crippen molar-refractivity contribution in [3.63, 3.8) is 0 Å². The van der Waals surface area contributed by atoms with Gasteiger partial charge in [0.2, 0.25) is 5.91 Å². The minimum absolute atomic E-state index is 0.118. The molecule has 2 aromatic rings. The van der Waals surface area contributed by atoms with Crippen molar-refractivity contribution < 1.29 is 14.3 Å². The lowest BCUT2D eigenvalue weighted by Gasteiger charge is -2.14. The van der Waals surface area contributed by atoms with Crippen LogP contribution in [0.1, 0.15) is 6.92 Å². The summed E-state index contributed by atoms with van der Waals surface area (Å²) in [7, 11) is 3.17. The van der Waals surface area contributed by atoms with Gasteiger partial charge in [0.1, 0.15) is 0 Å². The van der Waals surface area contributed by atoms with Gasteiger partial charge in [-0.15, -0.1) is 0 Å². The molecule has 4 nitrogen and oxygen atoms in total. The number of anilines is 1. The van der Waals surface area contributed by atoms with E-state index in [0.29, 0.717) is 11.5 Å². The fourth-order valence-corrected chi connectivity index (χ4v) is 1.98. The van der Waals surface area contributed by atoms with Crippen molar-refractivity contribution in [1.82, 2.24) is 0 Å². The molecule has 1 amide bonds. The Morgan fingerprint density at radius 3 is 2.33 bits per heavy atom. The van der Waals surface area contributed by atoms with E-state index in [-0.39, 0.29) is 5.91 Å². The standard InChI is InChI=1S/C14H15NO3/c1-9(16)15-12-8-13(17-2)14(18-3)11-7-5-4-6-10(11)12/h4-8H,1-3H3,(H,15,16). The average Bonchev–Trinajstić information content (AvgIpc) is 2.37. The summed E-state index contributed by atoms with van der Waals surface area (Å²) in [6.07, 6.45) is 0. The summed E-state index contributed by atoms with van der Waals surface area (Å²) in [6, 6.07) is 9.47. The summed E-state index contributed by atoms with van der Waals surface area (Å²) in [6.45, 7) is 1.48. The number of carbonyl (C=O) groups is 1. The van der Waals surface area contributed by atoms with Crippen LogP contribution in [0.25, 0.3) is 10.8 Å². The maximum Gasteiger partial charge on any atom is 0.221 e. The minimum Gasteiger partial charge on any atom is -0.493 e. The van der Waals surface area contributed by atoms with E-state index in [1.165, 1.54) is 6.92 Å². The molecule has 0 unspecified atom stereocenters. The Morgan fingerprint density at radius 2 is 1.78 bits per heavy atom. The van der Waals surface area contributed by atoms with Crippen LogP contribution in [-0.4, -0.2) is 20.1 Å². The van der Waals surface area contributed by atoms with Crippen LogP contribution in [0.3, 0.4) is 0 Å². The third-order valence-electron chi connectivity index (χ3n) is 2.70. The number of hydrogen-bond acceptors (Lipinski definition) is 3. The highest BCUT2D eigenvalue weighted by Crippen LogP contribution is 2.39. The summed E-state index contributed by atoms with van der Waals surface area (Å²) in [5.74, 6) is 1.15. The summed E-state index contributed by atoms with van der Waals surface area (Å²) < 4.78 is 10.7. The van der Waals surface area contributed by atoms with E-state index in [0.717, 1.165) is 16.5 Å². The fourth-order valence-electron chi connectivity index (χ4n) is 1.98. The molecule has 18 heavy (non-hydrogen) atoms. The SMILES string of the molecule is COc1cc(NC(C)=O)c2ccccc2c1OC. The van der Waals surface area contributed by atoms with Crippen LogP contribution in [0.5, 0.6) is 11.5 Å². The van der Waals surface area contributed by atoms with E-state index in [4.69, 9.17) is 9.47 Å². The van der Waals surface area contributed by atoms with Gasteiger partial charge in [-0.05, 0) is 0 Å². The van der Waals surface area contributed by atoms with Gasteiger partial charge in [-0.3, -0.25) is 4.79 Å². The Labute approximate surface area is 106 Å². The Kier molecular flexibility index (Phi) is 3.37. The number of methoxy groups -OCH3 is 2. The molecular formula is C14H15NO3. The molecule has 0 aliphatic heterocycles. The molecule has 0 radical (unpaired) electrons. The number of amides is 1. The molecule has 94 valence electrons. The molecular weight excluding hydrogens is 230 g/mol. The lowest BCUT2D eigenvalue weighted by molar-refractivity contribution is -0.114. The second kappa shape index (κ2) is 4.96. The molecule has 2 rings (SSSR count). The molecule has 4 heteroatoms. The molecule has 0 bridgehead atoms. The van der Waals surface area contributed by atoms with E-state index in [9.17, 15) is 4.79 Å². The first-order chi connectivity index (χ1) is 8.67. The lowest BCUT2D eigenvalue weighted by Crippen LogP contribution is -2.07. The summed E-state index contributed by atoms with van der Waals surface area (Å²) in [4.78, 5) is 11.2. The predicted molar refractivity (Wildman–Crippen MR) is 71.4 cm³/mol. The number of hydrogen-bond donors (Lipinski definition) is 1. The van der Waals surface area contributed by atoms with Gasteiger partial charge in [-0.2, -0.15) is 0 Å². The molecule has 2 aromatic carbocycles. The second-order valence-electron chi connectivity index (χ2n) is 3.89. The van der Waals surface area contributed by atoms with Gasteiger partial charge in [-0.25, -0.2) is 0 Å². The minimum atomic E-state index is -0.118. The molecule has 0 aliphatic carbocycles. The second-order valence-corrected chi connectivity index (χ2v) is 3.89. The van der Waals surface area contributed by atoms with Crippen LogP contribution in [0.4, 0.5) is 5.69 Å². The van der Waals surface area contributed by atoms with Crippen molar-refractivity contribution in [1.29, 1.82) is 0 Å². The Morgan fingerprint density at radius 1 is 1.11 bits per heavy atom. The normalized spacial score (nSPS) is 10.2.